The molecule has 0 aromatic heterocycles. The van der Waals surface area contributed by atoms with Gasteiger partial charge in [0.2, 0.25) is 0 Å². The molecule has 3 heteroatoms. The van der Waals surface area contributed by atoms with Gasteiger partial charge in [-0.25, -0.2) is 8.78 Å². The van der Waals surface area contributed by atoms with E-state index in [1.54, 1.807) is 0 Å². The summed E-state index contributed by atoms with van der Waals surface area (Å²) in [6.45, 7) is 0. The molecule has 72 valence electrons. The van der Waals surface area contributed by atoms with Gasteiger partial charge in [-0.05, 0) is 18.4 Å². The van der Waals surface area contributed by atoms with Crippen LogP contribution in [0.25, 0.3) is 0 Å². The molecule has 0 saturated carbocycles. The van der Waals surface area contributed by atoms with Gasteiger partial charge in [-0.2, -0.15) is 0 Å². The Balaban J connectivity index is 2.35. The largest absolute Gasteiger partial charge is 0.323 e. The van der Waals surface area contributed by atoms with Gasteiger partial charge in [0.15, 0.2) is 0 Å². The summed E-state index contributed by atoms with van der Waals surface area (Å²) in [4.78, 5) is 0. The van der Waals surface area contributed by atoms with Crippen molar-refractivity contribution in [3.63, 3.8) is 0 Å². The van der Waals surface area contributed by atoms with Gasteiger partial charge in [-0.1, -0.05) is 30.3 Å². The molecule has 0 heterocycles. The van der Waals surface area contributed by atoms with Gasteiger partial charge in [-0.15, -0.1) is 0 Å². The van der Waals surface area contributed by atoms with Gasteiger partial charge in [0.05, 0.1) is 6.04 Å². The second kappa shape index (κ2) is 4.92. The van der Waals surface area contributed by atoms with E-state index in [2.05, 4.69) is 0 Å². The molecule has 2 N–H and O–H groups in total. The first-order valence-electron chi connectivity index (χ1n) is 4.28. The number of aryl methyl sites for hydroxylation is 1. The minimum absolute atomic E-state index is 0.335. The van der Waals surface area contributed by atoms with E-state index in [4.69, 9.17) is 5.73 Å². The van der Waals surface area contributed by atoms with Crippen LogP contribution in [0.1, 0.15) is 12.0 Å². The van der Waals surface area contributed by atoms with Crippen molar-refractivity contribution < 1.29 is 8.78 Å². The lowest BCUT2D eigenvalue weighted by molar-refractivity contribution is 0.112. The summed E-state index contributed by atoms with van der Waals surface area (Å²) in [5.41, 5.74) is 6.27. The standard InChI is InChI=1S/C10H13F2N/c11-10(12)9(13)7-6-8-4-2-1-3-5-8/h1-5,9-10H,6-7,13H2/t9-/m0/s1. The van der Waals surface area contributed by atoms with Crippen molar-refractivity contribution in [3.05, 3.63) is 35.9 Å². The van der Waals surface area contributed by atoms with Gasteiger partial charge in [0.25, 0.3) is 6.43 Å². The minimum atomic E-state index is -2.41. The average molecular weight is 185 g/mol. The molecule has 0 aliphatic carbocycles. The summed E-state index contributed by atoms with van der Waals surface area (Å²) in [5, 5.41) is 0. The third-order valence-electron chi connectivity index (χ3n) is 1.93. The molecule has 0 aliphatic rings. The number of halogens is 2. The molecule has 13 heavy (non-hydrogen) atoms. The molecule has 0 unspecified atom stereocenters. The van der Waals surface area contributed by atoms with Crippen LogP contribution in [0.4, 0.5) is 8.78 Å². The summed E-state index contributed by atoms with van der Waals surface area (Å²) in [6, 6.07) is 8.51. The van der Waals surface area contributed by atoms with Crippen LogP contribution in [-0.4, -0.2) is 12.5 Å². The van der Waals surface area contributed by atoms with Crippen LogP contribution in [0.15, 0.2) is 30.3 Å². The van der Waals surface area contributed by atoms with Crippen molar-refractivity contribution in [2.45, 2.75) is 25.3 Å². The summed E-state index contributed by atoms with van der Waals surface area (Å²) in [6.07, 6.45) is -1.46. The summed E-state index contributed by atoms with van der Waals surface area (Å²) >= 11 is 0. The van der Waals surface area contributed by atoms with E-state index < -0.39 is 12.5 Å². The zero-order chi connectivity index (χ0) is 9.68. The van der Waals surface area contributed by atoms with E-state index in [9.17, 15) is 8.78 Å². The van der Waals surface area contributed by atoms with E-state index >= 15 is 0 Å². The molecule has 1 aromatic carbocycles. The van der Waals surface area contributed by atoms with E-state index in [1.165, 1.54) is 0 Å². The van der Waals surface area contributed by atoms with Crippen molar-refractivity contribution in [2.24, 2.45) is 5.73 Å². The number of nitrogens with two attached hydrogens (primary N) is 1. The van der Waals surface area contributed by atoms with Crippen LogP contribution in [0.2, 0.25) is 0 Å². The summed E-state index contributed by atoms with van der Waals surface area (Å²) < 4.78 is 24.0. The quantitative estimate of drug-likeness (QED) is 0.764. The van der Waals surface area contributed by atoms with Crippen molar-refractivity contribution in [2.75, 3.05) is 0 Å². The monoisotopic (exact) mass is 185 g/mol. The van der Waals surface area contributed by atoms with E-state index in [0.717, 1.165) is 5.56 Å². The highest BCUT2D eigenvalue weighted by Gasteiger charge is 2.14. The SMILES string of the molecule is N[C@@H](CCc1ccccc1)C(F)F. The molecule has 0 radical (unpaired) electrons. The predicted molar refractivity (Wildman–Crippen MR) is 48.7 cm³/mol. The molecule has 1 rings (SSSR count). The number of hydrogen-bond acceptors (Lipinski definition) is 1. The highest BCUT2D eigenvalue weighted by molar-refractivity contribution is 5.14. The van der Waals surface area contributed by atoms with Crippen LogP contribution in [0.3, 0.4) is 0 Å². The zero-order valence-electron chi connectivity index (χ0n) is 7.29. The number of alkyl halides is 2. The summed E-state index contributed by atoms with van der Waals surface area (Å²) in [5.74, 6) is 0. The first-order chi connectivity index (χ1) is 6.20. The van der Waals surface area contributed by atoms with E-state index in [0.29, 0.717) is 12.8 Å². The lowest BCUT2D eigenvalue weighted by Crippen LogP contribution is -2.28. The molecule has 0 spiro atoms. The first kappa shape index (κ1) is 10.1. The molecular formula is C10H13F2N. The Hall–Kier alpha value is -0.960. The van der Waals surface area contributed by atoms with Gasteiger partial charge < -0.3 is 5.73 Å². The fourth-order valence-electron chi connectivity index (χ4n) is 1.10. The third-order valence-corrected chi connectivity index (χ3v) is 1.93. The Morgan fingerprint density at radius 3 is 2.31 bits per heavy atom. The Morgan fingerprint density at radius 2 is 1.77 bits per heavy atom. The molecule has 0 fully saturated rings. The van der Waals surface area contributed by atoms with Crippen LogP contribution >= 0.6 is 0 Å². The fourth-order valence-corrected chi connectivity index (χ4v) is 1.10. The smallest absolute Gasteiger partial charge is 0.253 e. The summed E-state index contributed by atoms with van der Waals surface area (Å²) in [7, 11) is 0. The van der Waals surface area contributed by atoms with Crippen LogP contribution in [0.5, 0.6) is 0 Å². The zero-order valence-corrected chi connectivity index (χ0v) is 7.29. The molecule has 0 amide bonds. The average Bonchev–Trinajstić information content (AvgIpc) is 2.15. The van der Waals surface area contributed by atoms with Gasteiger partial charge in [0.1, 0.15) is 0 Å². The maximum atomic E-state index is 12.0. The maximum absolute atomic E-state index is 12.0. The van der Waals surface area contributed by atoms with Crippen LogP contribution < -0.4 is 5.73 Å². The third kappa shape index (κ3) is 3.51. The van der Waals surface area contributed by atoms with Gasteiger partial charge >= 0.3 is 0 Å². The van der Waals surface area contributed by atoms with Crippen LogP contribution in [-0.2, 0) is 6.42 Å². The van der Waals surface area contributed by atoms with Crippen molar-refractivity contribution >= 4 is 0 Å². The van der Waals surface area contributed by atoms with Crippen molar-refractivity contribution in [1.82, 2.24) is 0 Å². The number of benzene rings is 1. The fraction of sp³-hybridized carbons (Fsp3) is 0.400. The van der Waals surface area contributed by atoms with E-state index in [1.807, 2.05) is 30.3 Å². The normalized spacial score (nSPS) is 13.2. The van der Waals surface area contributed by atoms with Crippen LogP contribution in [0, 0.1) is 0 Å². The molecular weight excluding hydrogens is 172 g/mol. The predicted octanol–water partition coefficient (Wildman–Crippen LogP) is 2.21. The molecule has 0 aliphatic heterocycles. The van der Waals surface area contributed by atoms with E-state index in [-0.39, 0.29) is 0 Å². The van der Waals surface area contributed by atoms with Gasteiger partial charge in [-0.3, -0.25) is 0 Å². The lowest BCUT2D eigenvalue weighted by Gasteiger charge is -2.09. The van der Waals surface area contributed by atoms with Crippen molar-refractivity contribution in [1.29, 1.82) is 0 Å². The topological polar surface area (TPSA) is 26.0 Å². The first-order valence-corrected chi connectivity index (χ1v) is 4.28. The molecule has 1 atom stereocenters. The number of hydrogen-bond donors (Lipinski definition) is 1. The molecule has 1 aromatic rings. The lowest BCUT2D eigenvalue weighted by atomic mass is 10.1. The van der Waals surface area contributed by atoms with Crippen molar-refractivity contribution in [3.8, 4) is 0 Å². The Kier molecular flexibility index (Phi) is 3.83. The minimum Gasteiger partial charge on any atom is -0.323 e. The molecule has 1 nitrogen and oxygen atoms in total. The van der Waals surface area contributed by atoms with Gasteiger partial charge in [0, 0.05) is 0 Å². The maximum Gasteiger partial charge on any atom is 0.253 e. The Labute approximate surface area is 76.6 Å². The highest BCUT2D eigenvalue weighted by atomic mass is 19.3. The number of rotatable bonds is 4. The second-order valence-corrected chi connectivity index (χ2v) is 3.02. The Morgan fingerprint density at radius 1 is 1.15 bits per heavy atom. The second-order valence-electron chi connectivity index (χ2n) is 3.02. The highest BCUT2D eigenvalue weighted by Crippen LogP contribution is 2.08. The Bertz CT molecular complexity index is 236. The molecule has 0 saturated heterocycles. The molecule has 0 bridgehead atoms.